The van der Waals surface area contributed by atoms with Crippen molar-refractivity contribution in [3.63, 3.8) is 0 Å². The molecule has 1 fully saturated rings. The molecular formula is C27H30N4O7S2. The molecule has 13 heteroatoms. The van der Waals surface area contributed by atoms with E-state index in [9.17, 15) is 26.4 Å². The first kappa shape index (κ1) is 29.1. The fourth-order valence-corrected chi connectivity index (χ4v) is 6.08. The standard InChI is InChI=1S/C27H30N4O7S2/c1-39(34,35)29-21-15-17-31(18-16-21)26(32)19-28-27(33)20-11-13-23(14-12-20)40(36,37)30-24-9-5-6-10-25(24)38-22-7-3-2-4-8-22/h2-14,21,29-30H,15-19H2,1H3,(H,28,33). The minimum atomic E-state index is -3.99. The van der Waals surface area contributed by atoms with Gasteiger partial charge in [-0.1, -0.05) is 30.3 Å². The van der Waals surface area contributed by atoms with Gasteiger partial charge in [-0.2, -0.15) is 0 Å². The van der Waals surface area contributed by atoms with Crippen LogP contribution in [0.2, 0.25) is 0 Å². The molecule has 0 radical (unpaired) electrons. The second-order valence-electron chi connectivity index (χ2n) is 9.27. The fourth-order valence-electron chi connectivity index (χ4n) is 4.16. The third-order valence-electron chi connectivity index (χ3n) is 6.16. The molecule has 1 heterocycles. The molecule has 3 aromatic rings. The van der Waals surface area contributed by atoms with E-state index in [2.05, 4.69) is 14.8 Å². The Morgan fingerprint density at radius 3 is 2.15 bits per heavy atom. The number of ether oxygens (including phenoxy) is 1. The van der Waals surface area contributed by atoms with Gasteiger partial charge in [0.15, 0.2) is 5.75 Å². The summed E-state index contributed by atoms with van der Waals surface area (Å²) in [4.78, 5) is 26.6. The van der Waals surface area contributed by atoms with Crippen molar-refractivity contribution in [1.29, 1.82) is 0 Å². The molecule has 0 saturated carbocycles. The lowest BCUT2D eigenvalue weighted by atomic mass is 10.1. The summed E-state index contributed by atoms with van der Waals surface area (Å²) in [5, 5.41) is 2.55. The molecule has 40 heavy (non-hydrogen) atoms. The van der Waals surface area contributed by atoms with Gasteiger partial charge in [0.2, 0.25) is 15.9 Å². The summed E-state index contributed by atoms with van der Waals surface area (Å²) >= 11 is 0. The topological polar surface area (TPSA) is 151 Å². The third kappa shape index (κ3) is 8.04. The number of likely N-dealkylation sites (tertiary alicyclic amines) is 1. The van der Waals surface area contributed by atoms with Crippen LogP contribution in [0.5, 0.6) is 11.5 Å². The van der Waals surface area contributed by atoms with Crippen molar-refractivity contribution < 1.29 is 31.2 Å². The van der Waals surface area contributed by atoms with E-state index in [4.69, 9.17) is 4.74 Å². The van der Waals surface area contributed by atoms with Gasteiger partial charge in [0, 0.05) is 24.7 Å². The van der Waals surface area contributed by atoms with Crippen molar-refractivity contribution in [1.82, 2.24) is 14.9 Å². The van der Waals surface area contributed by atoms with Crippen LogP contribution in [0.1, 0.15) is 23.2 Å². The van der Waals surface area contributed by atoms with Crippen molar-refractivity contribution in [3.05, 3.63) is 84.4 Å². The molecule has 3 aromatic carbocycles. The fraction of sp³-hybridized carbons (Fsp3) is 0.259. The summed E-state index contributed by atoms with van der Waals surface area (Å²) in [6, 6.07) is 20.7. The Bertz CT molecular complexity index is 1550. The van der Waals surface area contributed by atoms with E-state index in [1.54, 1.807) is 53.4 Å². The van der Waals surface area contributed by atoms with Gasteiger partial charge in [-0.15, -0.1) is 0 Å². The molecular weight excluding hydrogens is 556 g/mol. The van der Waals surface area contributed by atoms with E-state index in [-0.39, 0.29) is 34.6 Å². The first-order valence-electron chi connectivity index (χ1n) is 12.5. The number of benzene rings is 3. The van der Waals surface area contributed by atoms with E-state index in [0.717, 1.165) is 6.26 Å². The number of piperidine rings is 1. The Kier molecular flexibility index (Phi) is 9.07. The minimum absolute atomic E-state index is 0.0554. The van der Waals surface area contributed by atoms with E-state index >= 15 is 0 Å². The van der Waals surface area contributed by atoms with Gasteiger partial charge >= 0.3 is 0 Å². The zero-order chi connectivity index (χ0) is 28.8. The number of nitrogens with one attached hydrogen (secondary N) is 3. The van der Waals surface area contributed by atoms with Gasteiger partial charge in [-0.05, 0) is 61.4 Å². The number of sulfonamides is 2. The molecule has 0 unspecified atom stereocenters. The number of hydrogen-bond donors (Lipinski definition) is 3. The van der Waals surface area contributed by atoms with Gasteiger partial charge in [0.1, 0.15) is 5.75 Å². The predicted octanol–water partition coefficient (Wildman–Crippen LogP) is 2.55. The van der Waals surface area contributed by atoms with Crippen LogP contribution in [-0.4, -0.2) is 65.5 Å². The smallest absolute Gasteiger partial charge is 0.262 e. The van der Waals surface area contributed by atoms with Gasteiger partial charge in [0.25, 0.3) is 15.9 Å². The zero-order valence-corrected chi connectivity index (χ0v) is 23.4. The molecule has 1 aliphatic heterocycles. The maximum absolute atomic E-state index is 13.0. The summed E-state index contributed by atoms with van der Waals surface area (Å²) < 4.78 is 59.7. The van der Waals surface area contributed by atoms with E-state index < -0.39 is 26.0 Å². The van der Waals surface area contributed by atoms with Crippen molar-refractivity contribution in [2.24, 2.45) is 0 Å². The maximum Gasteiger partial charge on any atom is 0.262 e. The van der Waals surface area contributed by atoms with Gasteiger partial charge in [-0.25, -0.2) is 21.6 Å². The monoisotopic (exact) mass is 586 g/mol. The molecule has 0 aliphatic carbocycles. The summed E-state index contributed by atoms with van der Waals surface area (Å²) in [7, 11) is -7.31. The van der Waals surface area contributed by atoms with Crippen LogP contribution < -0.4 is 19.5 Å². The van der Waals surface area contributed by atoms with E-state index in [0.29, 0.717) is 37.4 Å². The zero-order valence-electron chi connectivity index (χ0n) is 21.7. The Balaban J connectivity index is 1.32. The lowest BCUT2D eigenvalue weighted by molar-refractivity contribution is -0.131. The van der Waals surface area contributed by atoms with Gasteiger partial charge in [0.05, 0.1) is 23.4 Å². The van der Waals surface area contributed by atoms with Crippen LogP contribution in [0.15, 0.2) is 83.8 Å². The average Bonchev–Trinajstić information content (AvgIpc) is 2.93. The highest BCUT2D eigenvalue weighted by Crippen LogP contribution is 2.31. The van der Waals surface area contributed by atoms with Crippen molar-refractivity contribution >= 4 is 37.5 Å². The second-order valence-corrected chi connectivity index (χ2v) is 12.7. The molecule has 11 nitrogen and oxygen atoms in total. The van der Waals surface area contributed by atoms with E-state index in [1.807, 2.05) is 6.07 Å². The Morgan fingerprint density at radius 2 is 1.50 bits per heavy atom. The Morgan fingerprint density at radius 1 is 0.875 bits per heavy atom. The Labute approximate surface area is 233 Å². The highest BCUT2D eigenvalue weighted by molar-refractivity contribution is 7.92. The highest BCUT2D eigenvalue weighted by Gasteiger charge is 2.25. The number of carbonyl (C=O) groups excluding carboxylic acids is 2. The minimum Gasteiger partial charge on any atom is -0.455 e. The van der Waals surface area contributed by atoms with Crippen LogP contribution >= 0.6 is 0 Å². The first-order valence-corrected chi connectivity index (χ1v) is 15.9. The van der Waals surface area contributed by atoms with Gasteiger partial charge < -0.3 is 15.0 Å². The lowest BCUT2D eigenvalue weighted by Gasteiger charge is -2.32. The molecule has 0 bridgehead atoms. The summed E-state index contributed by atoms with van der Waals surface area (Å²) in [6.45, 7) is 0.519. The van der Waals surface area contributed by atoms with Crippen LogP contribution in [0, 0.1) is 0 Å². The first-order chi connectivity index (χ1) is 19.0. The Hall–Kier alpha value is -3.94. The number of para-hydroxylation sites is 3. The highest BCUT2D eigenvalue weighted by atomic mass is 32.2. The van der Waals surface area contributed by atoms with Crippen molar-refractivity contribution in [2.75, 3.05) is 30.6 Å². The third-order valence-corrected chi connectivity index (χ3v) is 8.30. The number of amides is 2. The van der Waals surface area contributed by atoms with Crippen LogP contribution in [0.3, 0.4) is 0 Å². The van der Waals surface area contributed by atoms with Crippen molar-refractivity contribution in [2.45, 2.75) is 23.8 Å². The van der Waals surface area contributed by atoms with Crippen LogP contribution in [0.4, 0.5) is 5.69 Å². The number of anilines is 1. The molecule has 3 N–H and O–H groups in total. The van der Waals surface area contributed by atoms with Crippen molar-refractivity contribution in [3.8, 4) is 11.5 Å². The number of nitrogens with zero attached hydrogens (tertiary/aromatic N) is 1. The normalized spacial score (nSPS) is 14.4. The summed E-state index contributed by atoms with van der Waals surface area (Å²) in [5.74, 6) is 0.0664. The summed E-state index contributed by atoms with van der Waals surface area (Å²) in [6.07, 6.45) is 2.07. The average molecular weight is 587 g/mol. The molecule has 1 aliphatic rings. The molecule has 4 rings (SSSR count). The number of carbonyl (C=O) groups is 2. The molecule has 1 saturated heterocycles. The molecule has 2 amide bonds. The maximum atomic E-state index is 13.0. The molecule has 0 aromatic heterocycles. The second kappa shape index (κ2) is 12.5. The predicted molar refractivity (Wildman–Crippen MR) is 150 cm³/mol. The van der Waals surface area contributed by atoms with Crippen LogP contribution in [-0.2, 0) is 24.8 Å². The van der Waals surface area contributed by atoms with Crippen LogP contribution in [0.25, 0.3) is 0 Å². The van der Waals surface area contributed by atoms with Gasteiger partial charge in [-0.3, -0.25) is 14.3 Å². The summed E-state index contributed by atoms with van der Waals surface area (Å²) in [5.41, 5.74) is 0.443. The number of hydrogen-bond acceptors (Lipinski definition) is 7. The molecule has 212 valence electrons. The van der Waals surface area contributed by atoms with E-state index in [1.165, 1.54) is 24.3 Å². The molecule has 0 spiro atoms. The quantitative estimate of drug-likeness (QED) is 0.330. The molecule has 0 atom stereocenters. The number of rotatable bonds is 10. The SMILES string of the molecule is CS(=O)(=O)NC1CCN(C(=O)CNC(=O)c2ccc(S(=O)(=O)Nc3ccccc3Oc3ccccc3)cc2)CC1. The lowest BCUT2D eigenvalue weighted by Crippen LogP contribution is -2.48. The largest absolute Gasteiger partial charge is 0.455 e.